The molecule has 0 saturated carbocycles. The summed E-state index contributed by atoms with van der Waals surface area (Å²) in [5.74, 6) is 4.97. The van der Waals surface area contributed by atoms with Gasteiger partial charge in [0.25, 0.3) is 0 Å². The van der Waals surface area contributed by atoms with Gasteiger partial charge in [0.1, 0.15) is 11.6 Å². The second kappa shape index (κ2) is 6.15. The van der Waals surface area contributed by atoms with Crippen molar-refractivity contribution in [1.29, 1.82) is 0 Å². The molecule has 5 heteroatoms. The van der Waals surface area contributed by atoms with Gasteiger partial charge in [-0.15, -0.1) is 0 Å². The number of rotatable bonds is 3. The minimum Gasteiger partial charge on any atom is -0.271 e. The van der Waals surface area contributed by atoms with Crippen molar-refractivity contribution in [2.75, 3.05) is 0 Å². The van der Waals surface area contributed by atoms with Crippen molar-refractivity contribution >= 4 is 22.6 Å². The Bertz CT molecular complexity index is 621. The molecule has 2 aromatic rings. The quantitative estimate of drug-likeness (QED) is 0.478. The van der Waals surface area contributed by atoms with Crippen LogP contribution in [0.4, 0.5) is 8.78 Å². The van der Waals surface area contributed by atoms with E-state index in [1.165, 1.54) is 18.2 Å². The molecule has 0 aliphatic heterocycles. The summed E-state index contributed by atoms with van der Waals surface area (Å²) < 4.78 is 28.2. The van der Waals surface area contributed by atoms with E-state index < -0.39 is 6.04 Å². The lowest BCUT2D eigenvalue weighted by Gasteiger charge is -2.21. The van der Waals surface area contributed by atoms with E-state index in [0.717, 1.165) is 16.7 Å². The van der Waals surface area contributed by atoms with E-state index in [1.807, 2.05) is 42.5 Å². The molecule has 0 radical (unpaired) electrons. The molecule has 0 aromatic heterocycles. The number of hydrogen-bond acceptors (Lipinski definition) is 2. The Kier molecular flexibility index (Phi) is 4.72. The van der Waals surface area contributed by atoms with Gasteiger partial charge in [-0.2, -0.15) is 0 Å². The zero-order chi connectivity index (χ0) is 14.9. The summed E-state index contributed by atoms with van der Waals surface area (Å²) in [7, 11) is 0. The molecule has 0 bridgehead atoms. The highest BCUT2D eigenvalue weighted by Gasteiger charge is 2.21. The standard InChI is InChI=1S/C15H15F2IN2/c1-8-5-9(2)14(12(17)6-8)15(20-19)11-4-3-10(16)7-13(11)18/h3-7,15,20H,19H2,1-2H3. The lowest BCUT2D eigenvalue weighted by molar-refractivity contribution is 0.553. The monoisotopic (exact) mass is 388 g/mol. The highest BCUT2D eigenvalue weighted by atomic mass is 127. The van der Waals surface area contributed by atoms with Crippen LogP contribution in [0.5, 0.6) is 0 Å². The van der Waals surface area contributed by atoms with Gasteiger partial charge in [-0.3, -0.25) is 5.84 Å². The normalized spacial score (nSPS) is 12.5. The van der Waals surface area contributed by atoms with E-state index in [-0.39, 0.29) is 11.6 Å². The molecule has 3 N–H and O–H groups in total. The van der Waals surface area contributed by atoms with E-state index in [4.69, 9.17) is 5.84 Å². The second-order valence-corrected chi connectivity index (χ2v) is 5.91. The Balaban J connectivity index is 2.58. The number of nitrogens with two attached hydrogens (primary N) is 1. The summed E-state index contributed by atoms with van der Waals surface area (Å²) in [6.07, 6.45) is 0. The smallest absolute Gasteiger partial charge is 0.128 e. The molecule has 1 unspecified atom stereocenters. The highest BCUT2D eigenvalue weighted by molar-refractivity contribution is 14.1. The molecule has 0 saturated heterocycles. The van der Waals surface area contributed by atoms with Gasteiger partial charge < -0.3 is 0 Å². The van der Waals surface area contributed by atoms with Crippen LogP contribution in [0.3, 0.4) is 0 Å². The molecule has 20 heavy (non-hydrogen) atoms. The predicted octanol–water partition coefficient (Wildman–Crippen LogP) is 3.74. The van der Waals surface area contributed by atoms with E-state index in [0.29, 0.717) is 9.13 Å². The molecule has 106 valence electrons. The van der Waals surface area contributed by atoms with Gasteiger partial charge in [-0.05, 0) is 71.3 Å². The first-order chi connectivity index (χ1) is 9.43. The first-order valence-corrected chi connectivity index (χ1v) is 7.19. The molecule has 0 aliphatic rings. The number of halogens is 3. The Hall–Kier alpha value is -1.05. The lowest BCUT2D eigenvalue weighted by Crippen LogP contribution is -2.30. The fraction of sp³-hybridized carbons (Fsp3) is 0.200. The Morgan fingerprint density at radius 3 is 2.40 bits per heavy atom. The summed E-state index contributed by atoms with van der Waals surface area (Å²) in [6.45, 7) is 3.68. The molecular weight excluding hydrogens is 373 g/mol. The fourth-order valence-corrected chi connectivity index (χ4v) is 3.15. The van der Waals surface area contributed by atoms with Crippen LogP contribution >= 0.6 is 22.6 Å². The molecule has 2 rings (SSSR count). The first kappa shape index (κ1) is 15.3. The Morgan fingerprint density at radius 1 is 1.15 bits per heavy atom. The van der Waals surface area contributed by atoms with E-state index >= 15 is 0 Å². The maximum Gasteiger partial charge on any atom is 0.128 e. The van der Waals surface area contributed by atoms with Gasteiger partial charge in [0.15, 0.2) is 0 Å². The molecule has 2 aromatic carbocycles. The summed E-state index contributed by atoms with van der Waals surface area (Å²) in [5, 5.41) is 0. The van der Waals surface area contributed by atoms with Crippen LogP contribution in [0.15, 0.2) is 30.3 Å². The average Bonchev–Trinajstić information content (AvgIpc) is 2.34. The van der Waals surface area contributed by atoms with Crippen molar-refractivity contribution in [2.45, 2.75) is 19.9 Å². The number of benzene rings is 2. The average molecular weight is 388 g/mol. The summed E-state index contributed by atoms with van der Waals surface area (Å²) >= 11 is 2.02. The number of hydrazine groups is 1. The number of aryl methyl sites for hydroxylation is 2. The van der Waals surface area contributed by atoms with Gasteiger partial charge in [0.2, 0.25) is 0 Å². The molecule has 0 aliphatic carbocycles. The Labute approximate surface area is 130 Å². The van der Waals surface area contributed by atoms with Crippen LogP contribution in [0.1, 0.15) is 28.3 Å². The van der Waals surface area contributed by atoms with Gasteiger partial charge in [-0.1, -0.05) is 12.1 Å². The van der Waals surface area contributed by atoms with Crippen molar-refractivity contribution < 1.29 is 8.78 Å². The topological polar surface area (TPSA) is 38.0 Å². The van der Waals surface area contributed by atoms with Crippen molar-refractivity contribution in [1.82, 2.24) is 5.43 Å². The minimum absolute atomic E-state index is 0.314. The molecule has 0 spiro atoms. The van der Waals surface area contributed by atoms with Gasteiger partial charge in [0.05, 0.1) is 6.04 Å². The fourth-order valence-electron chi connectivity index (χ4n) is 2.36. The summed E-state index contributed by atoms with van der Waals surface area (Å²) in [4.78, 5) is 0. The van der Waals surface area contributed by atoms with Gasteiger partial charge in [0, 0.05) is 9.13 Å². The molecule has 1 atom stereocenters. The zero-order valence-corrected chi connectivity index (χ0v) is 13.3. The van der Waals surface area contributed by atoms with Crippen LogP contribution in [0, 0.1) is 29.1 Å². The van der Waals surface area contributed by atoms with E-state index in [2.05, 4.69) is 5.43 Å². The minimum atomic E-state index is -0.511. The van der Waals surface area contributed by atoms with Crippen molar-refractivity contribution in [2.24, 2.45) is 5.84 Å². The predicted molar refractivity (Wildman–Crippen MR) is 84.2 cm³/mol. The van der Waals surface area contributed by atoms with Crippen LogP contribution in [-0.4, -0.2) is 0 Å². The van der Waals surface area contributed by atoms with Crippen molar-refractivity contribution in [3.05, 3.63) is 67.8 Å². The molecular formula is C15H15F2IN2. The van der Waals surface area contributed by atoms with Crippen molar-refractivity contribution in [3.8, 4) is 0 Å². The second-order valence-electron chi connectivity index (χ2n) is 4.74. The summed E-state index contributed by atoms with van der Waals surface area (Å²) in [6, 6.07) is 7.25. The third kappa shape index (κ3) is 2.99. The highest BCUT2D eigenvalue weighted by Crippen LogP contribution is 2.30. The molecule has 0 amide bonds. The third-order valence-electron chi connectivity index (χ3n) is 3.21. The number of nitrogens with one attached hydrogen (secondary N) is 1. The molecule has 0 fully saturated rings. The Morgan fingerprint density at radius 2 is 1.85 bits per heavy atom. The zero-order valence-electron chi connectivity index (χ0n) is 11.2. The van der Waals surface area contributed by atoms with Gasteiger partial charge in [-0.25, -0.2) is 14.2 Å². The largest absolute Gasteiger partial charge is 0.271 e. The SMILES string of the molecule is Cc1cc(C)c(C(NN)c2ccc(F)cc2I)c(F)c1. The van der Waals surface area contributed by atoms with Gasteiger partial charge >= 0.3 is 0 Å². The summed E-state index contributed by atoms with van der Waals surface area (Å²) in [5.41, 5.74) is 5.53. The first-order valence-electron chi connectivity index (χ1n) is 6.11. The van der Waals surface area contributed by atoms with Crippen LogP contribution < -0.4 is 11.3 Å². The van der Waals surface area contributed by atoms with Crippen molar-refractivity contribution in [3.63, 3.8) is 0 Å². The third-order valence-corrected chi connectivity index (χ3v) is 4.14. The number of hydrogen-bond donors (Lipinski definition) is 2. The van der Waals surface area contributed by atoms with Crippen LogP contribution in [0.25, 0.3) is 0 Å². The molecule has 2 nitrogen and oxygen atoms in total. The lowest BCUT2D eigenvalue weighted by atomic mass is 9.93. The van der Waals surface area contributed by atoms with E-state index in [1.54, 1.807) is 6.07 Å². The van der Waals surface area contributed by atoms with E-state index in [9.17, 15) is 8.78 Å². The van der Waals surface area contributed by atoms with Crippen LogP contribution in [-0.2, 0) is 0 Å². The maximum absolute atomic E-state index is 14.3. The maximum atomic E-state index is 14.3. The van der Waals surface area contributed by atoms with Crippen LogP contribution in [0.2, 0.25) is 0 Å². The molecule has 0 heterocycles.